The summed E-state index contributed by atoms with van der Waals surface area (Å²) in [5.74, 6) is -0.435. The molecule has 0 aliphatic rings. The lowest BCUT2D eigenvalue weighted by Gasteiger charge is -2.02. The molecule has 0 aliphatic heterocycles. The van der Waals surface area contributed by atoms with Crippen molar-refractivity contribution in [1.29, 1.82) is 0 Å². The minimum Gasteiger partial charge on any atom is -0.465 e. The van der Waals surface area contributed by atoms with Gasteiger partial charge in [-0.1, -0.05) is 64.0 Å². The van der Waals surface area contributed by atoms with Crippen molar-refractivity contribution >= 4 is 18.1 Å². The van der Waals surface area contributed by atoms with Crippen LogP contribution in [-0.2, 0) is 9.53 Å². The number of hydrogen-bond acceptors (Lipinski definition) is 4. The summed E-state index contributed by atoms with van der Waals surface area (Å²) in [7, 11) is 1.35. The fraction of sp³-hybridized carbons (Fsp3) is 0.550. The van der Waals surface area contributed by atoms with Crippen LogP contribution in [0.25, 0.3) is 0 Å². The van der Waals surface area contributed by atoms with Gasteiger partial charge in [0.15, 0.2) is 0 Å². The van der Waals surface area contributed by atoms with Gasteiger partial charge in [0, 0.05) is 6.42 Å². The molecular formula is C20H30N2O3. The van der Waals surface area contributed by atoms with Crippen LogP contribution < -0.4 is 5.43 Å². The van der Waals surface area contributed by atoms with Crippen molar-refractivity contribution in [3.05, 3.63) is 35.4 Å². The molecular weight excluding hydrogens is 316 g/mol. The van der Waals surface area contributed by atoms with Crippen LogP contribution in [0.1, 0.15) is 80.6 Å². The Morgan fingerprint density at radius 1 is 1.00 bits per heavy atom. The molecule has 1 rings (SSSR count). The van der Waals surface area contributed by atoms with Gasteiger partial charge in [-0.3, -0.25) is 4.79 Å². The summed E-state index contributed by atoms with van der Waals surface area (Å²) >= 11 is 0. The summed E-state index contributed by atoms with van der Waals surface area (Å²) in [6.07, 6.45) is 11.8. The second-order valence-corrected chi connectivity index (χ2v) is 6.13. The van der Waals surface area contributed by atoms with Gasteiger partial charge in [-0.05, 0) is 24.1 Å². The Bertz CT molecular complexity index is 538. The van der Waals surface area contributed by atoms with E-state index in [1.165, 1.54) is 45.6 Å². The molecule has 138 valence electrons. The number of unbranched alkanes of at least 4 members (excludes halogenated alkanes) is 7. The number of methoxy groups -OCH3 is 1. The van der Waals surface area contributed by atoms with E-state index in [9.17, 15) is 9.59 Å². The number of hydrogen-bond donors (Lipinski definition) is 1. The smallest absolute Gasteiger partial charge is 0.337 e. The maximum absolute atomic E-state index is 11.7. The van der Waals surface area contributed by atoms with Gasteiger partial charge in [-0.15, -0.1) is 0 Å². The van der Waals surface area contributed by atoms with Gasteiger partial charge in [0.25, 0.3) is 0 Å². The Hall–Kier alpha value is -2.17. The zero-order valence-electron chi connectivity index (χ0n) is 15.4. The largest absolute Gasteiger partial charge is 0.465 e. The molecule has 0 unspecified atom stereocenters. The van der Waals surface area contributed by atoms with Crippen LogP contribution in [0.3, 0.4) is 0 Å². The van der Waals surface area contributed by atoms with Crippen molar-refractivity contribution in [3.8, 4) is 0 Å². The minimum absolute atomic E-state index is 0.0617. The molecule has 0 heterocycles. The summed E-state index contributed by atoms with van der Waals surface area (Å²) in [5, 5.41) is 3.94. The minimum atomic E-state index is -0.373. The molecule has 5 nitrogen and oxygen atoms in total. The lowest BCUT2D eigenvalue weighted by molar-refractivity contribution is -0.121. The van der Waals surface area contributed by atoms with Gasteiger partial charge in [0.2, 0.25) is 5.91 Å². The third-order valence-electron chi connectivity index (χ3n) is 3.99. The standard InChI is InChI=1S/C20H30N2O3/c1-3-4-5-6-7-8-9-10-11-19(23)22-21-16-17-12-14-18(15-13-17)20(24)25-2/h12-16H,3-11H2,1-2H3,(H,22,23). The third-order valence-corrected chi connectivity index (χ3v) is 3.99. The van der Waals surface area contributed by atoms with Crippen LogP contribution in [0.2, 0.25) is 0 Å². The van der Waals surface area contributed by atoms with E-state index in [0.717, 1.165) is 18.4 Å². The molecule has 0 atom stereocenters. The first-order valence-electron chi connectivity index (χ1n) is 9.17. The summed E-state index contributed by atoms with van der Waals surface area (Å²) < 4.78 is 4.64. The molecule has 0 saturated carbocycles. The van der Waals surface area contributed by atoms with Crippen molar-refractivity contribution in [2.45, 2.75) is 64.7 Å². The number of hydrazone groups is 1. The van der Waals surface area contributed by atoms with Crippen LogP contribution in [0.5, 0.6) is 0 Å². The van der Waals surface area contributed by atoms with Gasteiger partial charge < -0.3 is 4.74 Å². The Morgan fingerprint density at radius 3 is 2.20 bits per heavy atom. The van der Waals surface area contributed by atoms with Crippen LogP contribution >= 0.6 is 0 Å². The van der Waals surface area contributed by atoms with Crippen molar-refractivity contribution in [2.24, 2.45) is 5.10 Å². The topological polar surface area (TPSA) is 67.8 Å². The Kier molecular flexibility index (Phi) is 11.0. The maximum Gasteiger partial charge on any atom is 0.337 e. The molecule has 0 aliphatic carbocycles. The number of rotatable bonds is 12. The second kappa shape index (κ2) is 13.2. The molecule has 0 aromatic heterocycles. The highest BCUT2D eigenvalue weighted by Gasteiger charge is 2.03. The van der Waals surface area contributed by atoms with Crippen molar-refractivity contribution in [1.82, 2.24) is 5.43 Å². The van der Waals surface area contributed by atoms with E-state index in [0.29, 0.717) is 12.0 Å². The van der Waals surface area contributed by atoms with E-state index in [4.69, 9.17) is 0 Å². The van der Waals surface area contributed by atoms with Gasteiger partial charge in [-0.25, -0.2) is 10.2 Å². The molecule has 0 fully saturated rings. The number of nitrogens with zero attached hydrogens (tertiary/aromatic N) is 1. The van der Waals surface area contributed by atoms with Crippen molar-refractivity contribution in [2.75, 3.05) is 7.11 Å². The lowest BCUT2D eigenvalue weighted by Crippen LogP contribution is -2.16. The molecule has 0 radical (unpaired) electrons. The SMILES string of the molecule is CCCCCCCCCCC(=O)NN=Cc1ccc(C(=O)OC)cc1. The Labute approximate surface area is 150 Å². The van der Waals surface area contributed by atoms with Crippen LogP contribution in [0.15, 0.2) is 29.4 Å². The van der Waals surface area contributed by atoms with Crippen LogP contribution in [0, 0.1) is 0 Å². The van der Waals surface area contributed by atoms with E-state index in [2.05, 4.69) is 22.2 Å². The zero-order valence-corrected chi connectivity index (χ0v) is 15.4. The number of esters is 1. The second-order valence-electron chi connectivity index (χ2n) is 6.13. The molecule has 0 saturated heterocycles. The van der Waals surface area contributed by atoms with E-state index in [-0.39, 0.29) is 11.9 Å². The first-order valence-corrected chi connectivity index (χ1v) is 9.17. The van der Waals surface area contributed by atoms with E-state index < -0.39 is 0 Å². The zero-order chi connectivity index (χ0) is 18.3. The molecule has 0 bridgehead atoms. The van der Waals surface area contributed by atoms with Gasteiger partial charge in [-0.2, -0.15) is 5.10 Å². The quantitative estimate of drug-likeness (QED) is 0.263. The number of benzene rings is 1. The van der Waals surface area contributed by atoms with Gasteiger partial charge >= 0.3 is 5.97 Å². The lowest BCUT2D eigenvalue weighted by atomic mass is 10.1. The summed E-state index contributed by atoms with van der Waals surface area (Å²) in [5.41, 5.74) is 3.83. The highest BCUT2D eigenvalue weighted by Crippen LogP contribution is 2.09. The fourth-order valence-corrected chi connectivity index (χ4v) is 2.48. The molecule has 25 heavy (non-hydrogen) atoms. The molecule has 5 heteroatoms. The summed E-state index contributed by atoms with van der Waals surface area (Å²) in [4.78, 5) is 23.0. The Balaban J connectivity index is 2.14. The predicted molar refractivity (Wildman–Crippen MR) is 101 cm³/mol. The normalized spacial score (nSPS) is 10.8. The van der Waals surface area contributed by atoms with Crippen LogP contribution in [0.4, 0.5) is 0 Å². The first-order chi connectivity index (χ1) is 12.2. The van der Waals surface area contributed by atoms with Gasteiger partial charge in [0.1, 0.15) is 0 Å². The summed E-state index contributed by atoms with van der Waals surface area (Å²) in [6, 6.07) is 6.83. The van der Waals surface area contributed by atoms with E-state index in [1.54, 1.807) is 30.5 Å². The molecule has 0 spiro atoms. The van der Waals surface area contributed by atoms with Crippen LogP contribution in [-0.4, -0.2) is 25.2 Å². The third kappa shape index (κ3) is 9.65. The first kappa shape index (κ1) is 20.9. The van der Waals surface area contributed by atoms with Gasteiger partial charge in [0.05, 0.1) is 18.9 Å². The average molecular weight is 346 g/mol. The number of nitrogens with one attached hydrogen (secondary N) is 1. The molecule has 1 aromatic rings. The van der Waals surface area contributed by atoms with Crippen molar-refractivity contribution in [3.63, 3.8) is 0 Å². The maximum atomic E-state index is 11.7. The molecule has 1 amide bonds. The average Bonchev–Trinajstić information content (AvgIpc) is 2.64. The monoisotopic (exact) mass is 346 g/mol. The predicted octanol–water partition coefficient (Wildman–Crippen LogP) is 4.45. The van der Waals surface area contributed by atoms with Crippen molar-refractivity contribution < 1.29 is 14.3 Å². The number of carbonyl (C=O) groups excluding carboxylic acids is 2. The Morgan fingerprint density at radius 2 is 1.60 bits per heavy atom. The van der Waals surface area contributed by atoms with E-state index in [1.807, 2.05) is 0 Å². The highest BCUT2D eigenvalue weighted by molar-refractivity contribution is 5.90. The highest BCUT2D eigenvalue weighted by atomic mass is 16.5. The number of carbonyl (C=O) groups is 2. The molecule has 1 aromatic carbocycles. The number of ether oxygens (including phenoxy) is 1. The summed E-state index contributed by atoms with van der Waals surface area (Å²) in [6.45, 7) is 2.22. The van der Waals surface area contributed by atoms with E-state index >= 15 is 0 Å². The molecule has 1 N–H and O–H groups in total. The fourth-order valence-electron chi connectivity index (χ4n) is 2.48. The number of amides is 1.